The number of benzene rings is 1. The monoisotopic (exact) mass is 274 g/mol. The molecule has 0 fully saturated rings. The van der Waals surface area contributed by atoms with E-state index in [1.165, 1.54) is 12.1 Å². The molecule has 0 aliphatic heterocycles. The van der Waals surface area contributed by atoms with E-state index >= 15 is 0 Å². The van der Waals surface area contributed by atoms with Crippen LogP contribution in [0.4, 0.5) is 14.9 Å². The highest BCUT2D eigenvalue weighted by atomic mass is 19.1. The van der Waals surface area contributed by atoms with Gasteiger partial charge in [-0.15, -0.1) is 0 Å². The molecule has 0 spiro atoms. The van der Waals surface area contributed by atoms with Gasteiger partial charge in [0, 0.05) is 5.56 Å². The molecule has 0 unspecified atom stereocenters. The predicted molar refractivity (Wildman–Crippen MR) is 73.4 cm³/mol. The first kappa shape index (κ1) is 15.5. The van der Waals surface area contributed by atoms with Crippen LogP contribution in [-0.2, 0) is 4.74 Å². The van der Waals surface area contributed by atoms with Gasteiger partial charge in [-0.05, 0) is 39.0 Å². The minimum absolute atomic E-state index is 0.0186. The molecule has 0 aliphatic rings. The second-order valence-electron chi connectivity index (χ2n) is 4.96. The molecule has 1 aromatic carbocycles. The molecule has 0 saturated carbocycles. The van der Waals surface area contributed by atoms with Crippen molar-refractivity contribution in [3.8, 4) is 17.9 Å². The van der Waals surface area contributed by atoms with E-state index in [9.17, 15) is 9.18 Å². The van der Waals surface area contributed by atoms with Crippen molar-refractivity contribution in [3.05, 3.63) is 29.6 Å². The molecule has 1 N–H and O–H groups in total. The predicted octanol–water partition coefficient (Wildman–Crippen LogP) is 3.44. The molecular weight excluding hydrogens is 259 g/mol. The Labute approximate surface area is 117 Å². The summed E-state index contributed by atoms with van der Waals surface area (Å²) in [5.41, 5.74) is -0.193. The Morgan fingerprint density at radius 1 is 1.45 bits per heavy atom. The van der Waals surface area contributed by atoms with E-state index in [4.69, 9.17) is 10.00 Å². The molecule has 1 rings (SSSR count). The minimum Gasteiger partial charge on any atom is -0.444 e. The first-order valence-electron chi connectivity index (χ1n) is 5.97. The van der Waals surface area contributed by atoms with Crippen LogP contribution < -0.4 is 5.32 Å². The van der Waals surface area contributed by atoms with E-state index < -0.39 is 17.5 Å². The van der Waals surface area contributed by atoms with Gasteiger partial charge in [0.2, 0.25) is 0 Å². The van der Waals surface area contributed by atoms with Crippen LogP contribution in [0, 0.1) is 29.0 Å². The van der Waals surface area contributed by atoms with Crippen LogP contribution >= 0.6 is 0 Å². The highest BCUT2D eigenvalue weighted by Gasteiger charge is 2.17. The summed E-state index contributed by atoms with van der Waals surface area (Å²) >= 11 is 0. The number of hydrogen-bond acceptors (Lipinski definition) is 3. The SMILES string of the molecule is CC(C)(C)OC(=O)Nc1ccc(C#CCC#N)cc1F. The molecule has 0 atom stereocenters. The van der Waals surface area contributed by atoms with Gasteiger partial charge in [-0.1, -0.05) is 11.8 Å². The van der Waals surface area contributed by atoms with Gasteiger partial charge in [0.05, 0.1) is 18.2 Å². The molecule has 4 nitrogen and oxygen atoms in total. The molecule has 1 aromatic rings. The van der Waals surface area contributed by atoms with Crippen molar-refractivity contribution in [1.29, 1.82) is 5.26 Å². The van der Waals surface area contributed by atoms with Crippen molar-refractivity contribution in [2.75, 3.05) is 5.32 Å². The van der Waals surface area contributed by atoms with E-state index in [1.54, 1.807) is 26.8 Å². The van der Waals surface area contributed by atoms with Crippen molar-refractivity contribution in [2.45, 2.75) is 32.8 Å². The van der Waals surface area contributed by atoms with Crippen molar-refractivity contribution in [3.63, 3.8) is 0 Å². The molecule has 0 aliphatic carbocycles. The Kier molecular flexibility index (Phi) is 5.11. The number of nitrogens with one attached hydrogen (secondary N) is 1. The van der Waals surface area contributed by atoms with Crippen molar-refractivity contribution < 1.29 is 13.9 Å². The Hall–Kier alpha value is -2.53. The van der Waals surface area contributed by atoms with Crippen molar-refractivity contribution >= 4 is 11.8 Å². The average molecular weight is 274 g/mol. The summed E-state index contributed by atoms with van der Waals surface area (Å²) in [7, 11) is 0. The fraction of sp³-hybridized carbons (Fsp3) is 0.333. The fourth-order valence-electron chi connectivity index (χ4n) is 1.29. The quantitative estimate of drug-likeness (QED) is 0.798. The lowest BCUT2D eigenvalue weighted by Crippen LogP contribution is -2.27. The molecule has 1 amide bonds. The summed E-state index contributed by atoms with van der Waals surface area (Å²) in [5, 5.41) is 10.7. The third kappa shape index (κ3) is 5.41. The second-order valence-corrected chi connectivity index (χ2v) is 4.96. The Balaban J connectivity index is 2.77. The summed E-state index contributed by atoms with van der Waals surface area (Å²) in [6.07, 6.45) is -0.640. The number of hydrogen-bond donors (Lipinski definition) is 1. The number of nitrogens with zero attached hydrogens (tertiary/aromatic N) is 1. The van der Waals surface area contributed by atoms with Crippen LogP contribution in [0.25, 0.3) is 0 Å². The molecule has 0 radical (unpaired) electrons. The van der Waals surface area contributed by atoms with E-state index in [0.717, 1.165) is 0 Å². The lowest BCUT2D eigenvalue weighted by molar-refractivity contribution is 0.0635. The molecule has 20 heavy (non-hydrogen) atoms. The van der Waals surface area contributed by atoms with Gasteiger partial charge in [0.15, 0.2) is 0 Å². The zero-order valence-corrected chi connectivity index (χ0v) is 11.6. The number of ether oxygens (including phenoxy) is 1. The van der Waals surface area contributed by atoms with Crippen LogP contribution in [-0.4, -0.2) is 11.7 Å². The maximum atomic E-state index is 13.7. The van der Waals surface area contributed by atoms with E-state index in [2.05, 4.69) is 17.2 Å². The maximum absolute atomic E-state index is 13.7. The van der Waals surface area contributed by atoms with Gasteiger partial charge in [-0.25, -0.2) is 9.18 Å². The zero-order valence-electron chi connectivity index (χ0n) is 11.6. The van der Waals surface area contributed by atoms with E-state index in [1.807, 2.05) is 6.07 Å². The molecule has 0 saturated heterocycles. The molecule has 0 aromatic heterocycles. The van der Waals surface area contributed by atoms with Crippen LogP contribution in [0.3, 0.4) is 0 Å². The lowest BCUT2D eigenvalue weighted by atomic mass is 10.2. The fourth-order valence-corrected chi connectivity index (χ4v) is 1.29. The number of anilines is 1. The van der Waals surface area contributed by atoms with Gasteiger partial charge in [0.1, 0.15) is 11.4 Å². The van der Waals surface area contributed by atoms with Crippen LogP contribution in [0.2, 0.25) is 0 Å². The van der Waals surface area contributed by atoms with Crippen LogP contribution in [0.1, 0.15) is 32.8 Å². The summed E-state index contributed by atoms with van der Waals surface area (Å²) in [5.74, 6) is 4.62. The number of carbonyl (C=O) groups excluding carboxylic acids is 1. The molecule has 0 bridgehead atoms. The highest BCUT2D eigenvalue weighted by molar-refractivity contribution is 5.85. The summed E-state index contributed by atoms with van der Waals surface area (Å²) in [6, 6.07) is 6.02. The average Bonchev–Trinajstić information content (AvgIpc) is 2.30. The Morgan fingerprint density at radius 3 is 2.70 bits per heavy atom. The topological polar surface area (TPSA) is 62.1 Å². The molecule has 0 heterocycles. The normalized spacial score (nSPS) is 9.95. The van der Waals surface area contributed by atoms with Crippen molar-refractivity contribution in [1.82, 2.24) is 0 Å². The van der Waals surface area contributed by atoms with E-state index in [0.29, 0.717) is 5.56 Å². The molecule has 5 heteroatoms. The summed E-state index contributed by atoms with van der Waals surface area (Å²) in [6.45, 7) is 5.16. The molecule has 104 valence electrons. The summed E-state index contributed by atoms with van der Waals surface area (Å²) < 4.78 is 18.8. The van der Waals surface area contributed by atoms with Crippen LogP contribution in [0.5, 0.6) is 0 Å². The highest BCUT2D eigenvalue weighted by Crippen LogP contribution is 2.17. The first-order chi connectivity index (χ1) is 9.31. The lowest BCUT2D eigenvalue weighted by Gasteiger charge is -2.19. The number of halogens is 1. The zero-order chi connectivity index (χ0) is 15.2. The number of carbonyl (C=O) groups is 1. The van der Waals surface area contributed by atoms with Gasteiger partial charge >= 0.3 is 6.09 Å². The number of nitriles is 1. The van der Waals surface area contributed by atoms with Gasteiger partial charge in [-0.3, -0.25) is 5.32 Å². The maximum Gasteiger partial charge on any atom is 0.412 e. The third-order valence-corrected chi connectivity index (χ3v) is 2.00. The van der Waals surface area contributed by atoms with Gasteiger partial charge in [-0.2, -0.15) is 5.26 Å². The Morgan fingerprint density at radius 2 is 2.15 bits per heavy atom. The minimum atomic E-state index is -0.722. The number of amides is 1. The van der Waals surface area contributed by atoms with E-state index in [-0.39, 0.29) is 12.1 Å². The summed E-state index contributed by atoms with van der Waals surface area (Å²) in [4.78, 5) is 11.5. The van der Waals surface area contributed by atoms with Crippen molar-refractivity contribution in [2.24, 2.45) is 0 Å². The Bertz CT molecular complexity index is 601. The van der Waals surface area contributed by atoms with Crippen LogP contribution in [0.15, 0.2) is 18.2 Å². The largest absolute Gasteiger partial charge is 0.444 e. The number of rotatable bonds is 1. The standard InChI is InChI=1S/C15H15FN2O2/c1-15(2,3)20-14(19)18-13-8-7-11(10-12(13)16)6-4-5-9-17/h7-8,10H,5H2,1-3H3,(H,18,19). The smallest absolute Gasteiger partial charge is 0.412 e. The van der Waals surface area contributed by atoms with Gasteiger partial charge < -0.3 is 4.74 Å². The first-order valence-corrected chi connectivity index (χ1v) is 5.97. The molecular formula is C15H15FN2O2. The van der Waals surface area contributed by atoms with Gasteiger partial charge in [0.25, 0.3) is 0 Å². The third-order valence-electron chi connectivity index (χ3n) is 2.00. The second kappa shape index (κ2) is 6.58.